The third-order valence-electron chi connectivity index (χ3n) is 1.79. The summed E-state index contributed by atoms with van der Waals surface area (Å²) in [7, 11) is 0. The van der Waals surface area contributed by atoms with Gasteiger partial charge in [-0.15, -0.1) is 0 Å². The Morgan fingerprint density at radius 1 is 1.75 bits per heavy atom. The van der Waals surface area contributed by atoms with Gasteiger partial charge in [0, 0.05) is 1.43 Å². The van der Waals surface area contributed by atoms with E-state index in [4.69, 9.17) is 16.0 Å². The molecule has 0 aliphatic rings. The summed E-state index contributed by atoms with van der Waals surface area (Å²) in [5.74, 6) is -1.40. The van der Waals surface area contributed by atoms with Crippen molar-refractivity contribution in [3.05, 3.63) is 11.9 Å². The van der Waals surface area contributed by atoms with Crippen molar-refractivity contribution >= 4 is 11.8 Å². The molecule has 94 valence electrons. The van der Waals surface area contributed by atoms with E-state index in [-0.39, 0.29) is 26.6 Å². The Bertz CT molecular complexity index is 297. The zero-order valence-electron chi connectivity index (χ0n) is 8.98. The van der Waals surface area contributed by atoms with Crippen molar-refractivity contribution in [3.63, 3.8) is 0 Å². The largest absolute Gasteiger partial charge is 0.480 e. The molecule has 0 rings (SSSR count). The van der Waals surface area contributed by atoms with E-state index in [0.717, 1.165) is 0 Å². The Morgan fingerprint density at radius 3 is 2.88 bits per heavy atom. The smallest absolute Gasteiger partial charge is 0.320 e. The lowest BCUT2D eigenvalue weighted by Gasteiger charge is -2.02. The quantitative estimate of drug-likeness (QED) is 0.307. The second-order valence-corrected chi connectivity index (χ2v) is 3.19. The normalized spacial score (nSPS) is 14.8. The highest BCUT2D eigenvalue weighted by molar-refractivity contribution is 5.78. The molecule has 0 radical (unpaired) electrons. The number of aliphatic carboxylic acids is 1. The first-order valence-electron chi connectivity index (χ1n) is 4.71. The maximum Gasteiger partial charge on any atom is 0.320 e. The predicted octanol–water partition coefficient (Wildman–Crippen LogP) is 0.675. The third-order valence-corrected chi connectivity index (χ3v) is 1.79. The van der Waals surface area contributed by atoms with E-state index in [1.54, 1.807) is 5.48 Å². The second-order valence-electron chi connectivity index (χ2n) is 3.19. The maximum atomic E-state index is 13.0. The van der Waals surface area contributed by atoms with Crippen LogP contribution in [0.1, 0.15) is 21.2 Å². The molecule has 0 aromatic carbocycles. The van der Waals surface area contributed by atoms with E-state index in [1.165, 1.54) is 13.0 Å². The molecule has 5 N–H and O–H groups in total. The van der Waals surface area contributed by atoms with Crippen LogP contribution in [0.25, 0.3) is 0 Å². The molecule has 0 aromatic heterocycles. The van der Waals surface area contributed by atoms with Gasteiger partial charge in [-0.2, -0.15) is 0 Å². The average molecular weight is 235 g/mol. The number of carboxylic acids is 1. The number of nitrogens with one attached hydrogen (secondary N) is 1. The molecule has 0 saturated heterocycles. The summed E-state index contributed by atoms with van der Waals surface area (Å²) in [6.07, 6.45) is 1.64. The number of carbonyl (C=O) groups is 1. The summed E-state index contributed by atoms with van der Waals surface area (Å²) in [6, 6.07) is -0.978. The number of carboxylic acid groups (broad SMARTS) is 1. The van der Waals surface area contributed by atoms with Gasteiger partial charge in [0.2, 0.25) is 0 Å². The van der Waals surface area contributed by atoms with Crippen LogP contribution >= 0.6 is 0 Å². The number of allylic oxidation sites excluding steroid dienone is 1. The number of hydrogen-bond acceptors (Lipinski definition) is 4. The Labute approximate surface area is 94.1 Å². The second kappa shape index (κ2) is 7.77. The van der Waals surface area contributed by atoms with E-state index in [2.05, 4.69) is 4.99 Å². The highest BCUT2D eigenvalue weighted by Gasteiger charge is 2.09. The average Bonchev–Trinajstić information content (AvgIpc) is 2.25. The number of halogens is 1. The van der Waals surface area contributed by atoms with Gasteiger partial charge in [0.25, 0.3) is 0 Å². The van der Waals surface area contributed by atoms with Gasteiger partial charge in [0.1, 0.15) is 17.7 Å². The molecule has 16 heavy (non-hydrogen) atoms. The first kappa shape index (κ1) is 14.5. The molecule has 0 spiro atoms. The van der Waals surface area contributed by atoms with E-state index < -0.39 is 17.8 Å². The Morgan fingerprint density at radius 2 is 2.38 bits per heavy atom. The topological polar surface area (TPSA) is 108 Å². The predicted molar refractivity (Wildman–Crippen MR) is 59.0 cm³/mol. The molecule has 1 atom stereocenters. The fourth-order valence-corrected chi connectivity index (χ4v) is 0.837. The summed E-state index contributed by atoms with van der Waals surface area (Å²) >= 11 is 0. The van der Waals surface area contributed by atoms with Gasteiger partial charge in [-0.1, -0.05) is 6.08 Å². The van der Waals surface area contributed by atoms with Gasteiger partial charge < -0.3 is 10.8 Å². The molecule has 0 amide bonds. The van der Waals surface area contributed by atoms with Crippen LogP contribution in [0.15, 0.2) is 16.9 Å². The molecule has 0 aliphatic heterocycles. The van der Waals surface area contributed by atoms with E-state index in [9.17, 15) is 9.18 Å². The van der Waals surface area contributed by atoms with Gasteiger partial charge >= 0.3 is 5.97 Å². The van der Waals surface area contributed by atoms with Crippen molar-refractivity contribution in [1.82, 2.24) is 5.48 Å². The van der Waals surface area contributed by atoms with Crippen LogP contribution in [0.4, 0.5) is 4.39 Å². The van der Waals surface area contributed by atoms with E-state index in [0.29, 0.717) is 0 Å². The lowest BCUT2D eigenvalue weighted by molar-refractivity contribution is -0.138. The summed E-state index contributed by atoms with van der Waals surface area (Å²) in [5, 5.41) is 16.8. The van der Waals surface area contributed by atoms with Crippen molar-refractivity contribution in [2.45, 2.75) is 25.8 Å². The number of nitrogens with zero attached hydrogens (tertiary/aromatic N) is 1. The van der Waals surface area contributed by atoms with Gasteiger partial charge in [0.15, 0.2) is 0 Å². The summed E-state index contributed by atoms with van der Waals surface area (Å²) < 4.78 is 13.0. The molecule has 0 fully saturated rings. The number of hydroxylamine groups is 1. The number of aliphatic imine (C=N–C) groups is 1. The summed E-state index contributed by atoms with van der Waals surface area (Å²) in [5.41, 5.74) is 6.99. The number of nitrogens with two attached hydrogens (primary N) is 1. The van der Waals surface area contributed by atoms with Crippen molar-refractivity contribution < 1.29 is 20.9 Å². The third kappa shape index (κ3) is 6.91. The zero-order chi connectivity index (χ0) is 12.6. The molecule has 0 aliphatic carbocycles. The standard InChI is InChI=1S/C9H16FN3O3.H2/c1-6(13-16)12-5-7(10)3-2-4-8(11)9(14)15;/h3,8,16H,2,4-5,11H2,1H3,(H,12,13)(H,14,15);1H/b7-3+;/t8-;/m0./s1. The first-order valence-corrected chi connectivity index (χ1v) is 4.71. The van der Waals surface area contributed by atoms with Crippen LogP contribution in [0, 0.1) is 0 Å². The van der Waals surface area contributed by atoms with Crippen molar-refractivity contribution in [3.8, 4) is 0 Å². The minimum atomic E-state index is -1.10. The fraction of sp³-hybridized carbons (Fsp3) is 0.556. The van der Waals surface area contributed by atoms with Gasteiger partial charge in [-0.25, -0.2) is 4.39 Å². The Hall–Kier alpha value is -1.47. The van der Waals surface area contributed by atoms with Gasteiger partial charge in [-0.05, 0) is 19.8 Å². The molecule has 0 saturated carbocycles. The summed E-state index contributed by atoms with van der Waals surface area (Å²) in [6.45, 7) is 1.29. The highest BCUT2D eigenvalue weighted by atomic mass is 19.1. The minimum Gasteiger partial charge on any atom is -0.480 e. The van der Waals surface area contributed by atoms with Crippen molar-refractivity contribution in [2.24, 2.45) is 10.7 Å². The Balaban J connectivity index is 0. The number of rotatable bonds is 6. The first-order chi connectivity index (χ1) is 7.47. The number of amidine groups is 1. The lowest BCUT2D eigenvalue weighted by Crippen LogP contribution is -2.29. The van der Waals surface area contributed by atoms with Crippen LogP contribution in [0.5, 0.6) is 0 Å². The van der Waals surface area contributed by atoms with Gasteiger partial charge in [0.05, 0.1) is 6.54 Å². The van der Waals surface area contributed by atoms with Crippen LogP contribution in [-0.2, 0) is 4.79 Å². The molecular weight excluding hydrogens is 217 g/mol. The Kier molecular flexibility index (Phi) is 7.06. The van der Waals surface area contributed by atoms with Crippen LogP contribution in [0.2, 0.25) is 0 Å². The number of hydrogen-bond donors (Lipinski definition) is 4. The molecule has 0 bridgehead atoms. The highest BCUT2D eigenvalue weighted by Crippen LogP contribution is 2.03. The van der Waals surface area contributed by atoms with Crippen molar-refractivity contribution in [2.75, 3.05) is 6.54 Å². The zero-order valence-corrected chi connectivity index (χ0v) is 8.98. The van der Waals surface area contributed by atoms with E-state index in [1.807, 2.05) is 0 Å². The lowest BCUT2D eigenvalue weighted by atomic mass is 10.1. The molecule has 6 nitrogen and oxygen atoms in total. The minimum absolute atomic E-state index is 0. The maximum absolute atomic E-state index is 13.0. The molecule has 0 heterocycles. The SMILES string of the molecule is CC(=NC/C(F)=C\CC[C@H](N)C(=O)O)NO.[HH]. The van der Waals surface area contributed by atoms with E-state index >= 15 is 0 Å². The van der Waals surface area contributed by atoms with Crippen molar-refractivity contribution in [1.29, 1.82) is 0 Å². The van der Waals surface area contributed by atoms with Crippen LogP contribution in [0.3, 0.4) is 0 Å². The van der Waals surface area contributed by atoms with Gasteiger partial charge in [-0.3, -0.25) is 20.5 Å². The monoisotopic (exact) mass is 235 g/mol. The van der Waals surface area contributed by atoms with Crippen LogP contribution < -0.4 is 11.2 Å². The summed E-state index contributed by atoms with van der Waals surface area (Å²) in [4.78, 5) is 14.0. The molecule has 7 heteroatoms. The molecule has 0 aromatic rings. The fourth-order valence-electron chi connectivity index (χ4n) is 0.837. The molecule has 0 unspecified atom stereocenters. The molecular formula is C9H18FN3O3. The van der Waals surface area contributed by atoms with Crippen LogP contribution in [-0.4, -0.2) is 34.7 Å².